The molecule has 2 nitrogen and oxygen atoms in total. The lowest BCUT2D eigenvalue weighted by molar-refractivity contribution is 0.0767. The van der Waals surface area contributed by atoms with Crippen LogP contribution >= 0.6 is 11.3 Å². The molecule has 0 aliphatic heterocycles. The molecule has 82 valence electrons. The second-order valence-corrected chi connectivity index (χ2v) is 5.22. The van der Waals surface area contributed by atoms with Gasteiger partial charge < -0.3 is 5.11 Å². The summed E-state index contributed by atoms with van der Waals surface area (Å²) >= 11 is 1.54. The molecule has 2 rings (SSSR count). The van der Waals surface area contributed by atoms with E-state index in [0.29, 0.717) is 0 Å². The minimum absolute atomic E-state index is 0.144. The molecular formula is C12H16O2S. The van der Waals surface area contributed by atoms with E-state index in [9.17, 15) is 9.90 Å². The van der Waals surface area contributed by atoms with Crippen LogP contribution in [-0.2, 0) is 0 Å². The van der Waals surface area contributed by atoms with Gasteiger partial charge in [-0.2, -0.15) is 0 Å². The van der Waals surface area contributed by atoms with Crippen LogP contribution in [-0.4, -0.2) is 17.0 Å². The van der Waals surface area contributed by atoms with Gasteiger partial charge in [0.2, 0.25) is 0 Å². The molecule has 1 aromatic heterocycles. The second-order valence-electron chi connectivity index (χ2n) is 4.30. The van der Waals surface area contributed by atoms with E-state index < -0.39 is 0 Å². The number of thiophene rings is 1. The van der Waals surface area contributed by atoms with E-state index in [1.807, 2.05) is 18.4 Å². The molecule has 1 aromatic rings. The average molecular weight is 224 g/mol. The first-order chi connectivity index (χ1) is 7.18. The van der Waals surface area contributed by atoms with Gasteiger partial charge in [-0.25, -0.2) is 0 Å². The maximum absolute atomic E-state index is 12.1. The summed E-state index contributed by atoms with van der Waals surface area (Å²) in [5.41, 5.74) is 1.09. The monoisotopic (exact) mass is 224 g/mol. The molecule has 1 N–H and O–H groups in total. The summed E-state index contributed by atoms with van der Waals surface area (Å²) in [6.07, 6.45) is 3.06. The second kappa shape index (κ2) is 4.45. The van der Waals surface area contributed by atoms with E-state index in [4.69, 9.17) is 0 Å². The van der Waals surface area contributed by atoms with Crippen LogP contribution in [0.4, 0.5) is 0 Å². The Morgan fingerprint density at radius 2 is 2.07 bits per heavy atom. The molecule has 0 saturated heterocycles. The molecule has 1 fully saturated rings. The SMILES string of the molecule is Cc1ccsc1C(=O)C1CCC(O)CC1. The van der Waals surface area contributed by atoms with Gasteiger partial charge in [-0.15, -0.1) is 11.3 Å². The molecule has 3 heteroatoms. The summed E-state index contributed by atoms with van der Waals surface area (Å²) in [5.74, 6) is 0.431. The average Bonchev–Trinajstić information content (AvgIpc) is 2.65. The number of aliphatic hydroxyl groups excluding tert-OH is 1. The minimum Gasteiger partial charge on any atom is -0.393 e. The van der Waals surface area contributed by atoms with Crippen molar-refractivity contribution in [3.8, 4) is 0 Å². The summed E-state index contributed by atoms with van der Waals surface area (Å²) < 4.78 is 0. The fraction of sp³-hybridized carbons (Fsp3) is 0.583. The highest BCUT2D eigenvalue weighted by Gasteiger charge is 2.27. The number of carbonyl (C=O) groups is 1. The van der Waals surface area contributed by atoms with Crippen molar-refractivity contribution >= 4 is 17.1 Å². The van der Waals surface area contributed by atoms with Gasteiger partial charge in [0.25, 0.3) is 0 Å². The van der Waals surface area contributed by atoms with Crippen LogP contribution < -0.4 is 0 Å². The third kappa shape index (κ3) is 2.29. The Hall–Kier alpha value is -0.670. The van der Waals surface area contributed by atoms with Crippen LogP contribution in [0.3, 0.4) is 0 Å². The molecule has 0 aromatic carbocycles. The van der Waals surface area contributed by atoms with Crippen LogP contribution in [0.25, 0.3) is 0 Å². The van der Waals surface area contributed by atoms with Gasteiger partial charge in [-0.05, 0) is 49.6 Å². The third-order valence-electron chi connectivity index (χ3n) is 3.15. The number of carbonyl (C=O) groups excluding carboxylic acids is 1. The fourth-order valence-electron chi connectivity index (χ4n) is 2.15. The smallest absolute Gasteiger partial charge is 0.176 e. The Morgan fingerprint density at radius 3 is 2.60 bits per heavy atom. The Bertz CT molecular complexity index is 348. The van der Waals surface area contributed by atoms with Crippen LogP contribution in [0, 0.1) is 12.8 Å². The van der Waals surface area contributed by atoms with Gasteiger partial charge in [0.15, 0.2) is 5.78 Å². The highest BCUT2D eigenvalue weighted by atomic mass is 32.1. The van der Waals surface area contributed by atoms with Crippen molar-refractivity contribution in [1.82, 2.24) is 0 Å². The predicted molar refractivity (Wildman–Crippen MR) is 61.4 cm³/mol. The first-order valence-electron chi connectivity index (χ1n) is 5.45. The number of hydrogen-bond donors (Lipinski definition) is 1. The van der Waals surface area contributed by atoms with Gasteiger partial charge in [0, 0.05) is 5.92 Å². The van der Waals surface area contributed by atoms with Gasteiger partial charge >= 0.3 is 0 Å². The third-order valence-corrected chi connectivity index (χ3v) is 4.18. The van der Waals surface area contributed by atoms with Crippen molar-refractivity contribution < 1.29 is 9.90 Å². The van der Waals surface area contributed by atoms with Crippen molar-refractivity contribution in [3.63, 3.8) is 0 Å². The quantitative estimate of drug-likeness (QED) is 0.784. The topological polar surface area (TPSA) is 37.3 Å². The van der Waals surface area contributed by atoms with Crippen LogP contribution in [0.1, 0.15) is 40.9 Å². The summed E-state index contributed by atoms with van der Waals surface area (Å²) in [6.45, 7) is 1.99. The molecular weight excluding hydrogens is 208 g/mol. The summed E-state index contributed by atoms with van der Waals surface area (Å²) in [7, 11) is 0. The van der Waals surface area contributed by atoms with E-state index in [-0.39, 0.29) is 17.8 Å². The van der Waals surface area contributed by atoms with Crippen molar-refractivity contribution in [1.29, 1.82) is 0 Å². The zero-order chi connectivity index (χ0) is 10.8. The zero-order valence-electron chi connectivity index (χ0n) is 8.90. The summed E-state index contributed by atoms with van der Waals surface area (Å²) in [5, 5.41) is 11.4. The molecule has 0 atom stereocenters. The van der Waals surface area contributed by atoms with Crippen molar-refractivity contribution in [2.24, 2.45) is 5.92 Å². The summed E-state index contributed by atoms with van der Waals surface area (Å²) in [4.78, 5) is 13.0. The molecule has 1 aliphatic carbocycles. The van der Waals surface area contributed by atoms with Crippen molar-refractivity contribution in [2.75, 3.05) is 0 Å². The van der Waals surface area contributed by atoms with E-state index >= 15 is 0 Å². The van der Waals surface area contributed by atoms with E-state index in [0.717, 1.165) is 36.1 Å². The highest BCUT2D eigenvalue weighted by molar-refractivity contribution is 7.12. The molecule has 0 bridgehead atoms. The molecule has 1 saturated carbocycles. The lowest BCUT2D eigenvalue weighted by atomic mass is 9.84. The molecule has 0 spiro atoms. The normalized spacial score (nSPS) is 26.5. The molecule has 0 unspecified atom stereocenters. The van der Waals surface area contributed by atoms with E-state index in [2.05, 4.69) is 0 Å². The lowest BCUT2D eigenvalue weighted by Crippen LogP contribution is -2.24. The van der Waals surface area contributed by atoms with Crippen LogP contribution in [0.2, 0.25) is 0 Å². The first kappa shape index (κ1) is 10.8. The number of rotatable bonds is 2. The van der Waals surface area contributed by atoms with Gasteiger partial charge in [-0.3, -0.25) is 4.79 Å². The zero-order valence-corrected chi connectivity index (χ0v) is 9.72. The number of aliphatic hydroxyl groups is 1. The number of hydrogen-bond acceptors (Lipinski definition) is 3. The van der Waals surface area contributed by atoms with Crippen LogP contribution in [0.15, 0.2) is 11.4 Å². The Labute approximate surface area is 93.9 Å². The lowest BCUT2D eigenvalue weighted by Gasteiger charge is -2.23. The van der Waals surface area contributed by atoms with E-state index in [1.165, 1.54) is 0 Å². The Balaban J connectivity index is 2.06. The Morgan fingerprint density at radius 1 is 1.40 bits per heavy atom. The molecule has 1 aliphatic rings. The predicted octanol–water partition coefficient (Wildman–Crippen LogP) is 2.79. The van der Waals surface area contributed by atoms with Crippen molar-refractivity contribution in [3.05, 3.63) is 21.9 Å². The highest BCUT2D eigenvalue weighted by Crippen LogP contribution is 2.29. The van der Waals surface area contributed by atoms with Gasteiger partial charge in [0.05, 0.1) is 11.0 Å². The minimum atomic E-state index is -0.182. The largest absolute Gasteiger partial charge is 0.393 e. The standard InChI is InChI=1S/C12H16O2S/c1-8-6-7-15-12(8)11(14)9-2-4-10(13)5-3-9/h6-7,9-10,13H,2-5H2,1H3. The number of Topliss-reactive ketones (excluding diaryl/α,β-unsaturated/α-hetero) is 1. The van der Waals surface area contributed by atoms with Gasteiger partial charge in [-0.1, -0.05) is 0 Å². The summed E-state index contributed by atoms with van der Waals surface area (Å²) in [6, 6.07) is 2.00. The van der Waals surface area contributed by atoms with E-state index in [1.54, 1.807) is 11.3 Å². The molecule has 1 heterocycles. The number of aryl methyl sites for hydroxylation is 1. The van der Waals surface area contributed by atoms with Crippen LogP contribution in [0.5, 0.6) is 0 Å². The molecule has 0 amide bonds. The molecule has 0 radical (unpaired) electrons. The Kier molecular flexibility index (Phi) is 3.22. The molecule has 15 heavy (non-hydrogen) atoms. The van der Waals surface area contributed by atoms with Crippen molar-refractivity contribution in [2.45, 2.75) is 38.7 Å². The maximum atomic E-state index is 12.1. The first-order valence-corrected chi connectivity index (χ1v) is 6.33. The maximum Gasteiger partial charge on any atom is 0.176 e. The number of ketones is 1. The van der Waals surface area contributed by atoms with Gasteiger partial charge in [0.1, 0.15) is 0 Å². The fourth-order valence-corrected chi connectivity index (χ4v) is 3.09.